The molecule has 0 saturated heterocycles. The monoisotopic (exact) mass is 227 g/mol. The van der Waals surface area contributed by atoms with Gasteiger partial charge in [0.25, 0.3) is 5.91 Å². The highest BCUT2D eigenvalue weighted by Gasteiger charge is 2.24. The van der Waals surface area contributed by atoms with Crippen LogP contribution in [-0.2, 0) is 4.79 Å². The second kappa shape index (κ2) is 5.67. The van der Waals surface area contributed by atoms with Crippen molar-refractivity contribution >= 4 is 5.91 Å². The zero-order valence-electron chi connectivity index (χ0n) is 10.8. The highest BCUT2D eigenvalue weighted by atomic mass is 16.3. The fourth-order valence-corrected chi connectivity index (χ4v) is 2.43. The highest BCUT2D eigenvalue weighted by Crippen LogP contribution is 2.30. The number of hydrogen-bond acceptors (Lipinski definition) is 2. The van der Waals surface area contributed by atoms with Crippen LogP contribution < -0.4 is 5.32 Å². The zero-order chi connectivity index (χ0) is 12.2. The van der Waals surface area contributed by atoms with Crippen LogP contribution in [0.2, 0.25) is 0 Å². The lowest BCUT2D eigenvalue weighted by atomic mass is 9.81. The molecule has 1 amide bonds. The summed E-state index contributed by atoms with van der Waals surface area (Å²) in [6.07, 6.45) is 6.31. The zero-order valence-corrected chi connectivity index (χ0v) is 10.8. The van der Waals surface area contributed by atoms with E-state index in [1.807, 2.05) is 0 Å². The first-order valence-electron chi connectivity index (χ1n) is 6.40. The van der Waals surface area contributed by atoms with Gasteiger partial charge in [-0.1, -0.05) is 26.2 Å². The van der Waals surface area contributed by atoms with E-state index in [0.29, 0.717) is 6.54 Å². The summed E-state index contributed by atoms with van der Waals surface area (Å²) in [4.78, 5) is 11.4. The van der Waals surface area contributed by atoms with Crippen molar-refractivity contribution in [3.63, 3.8) is 0 Å². The van der Waals surface area contributed by atoms with E-state index in [4.69, 9.17) is 0 Å². The maximum Gasteiger partial charge on any atom is 0.251 e. The maximum absolute atomic E-state index is 11.4. The first-order chi connectivity index (χ1) is 7.39. The van der Waals surface area contributed by atoms with Crippen LogP contribution in [0, 0.1) is 11.8 Å². The maximum atomic E-state index is 11.4. The third-order valence-electron chi connectivity index (χ3n) is 3.44. The van der Waals surface area contributed by atoms with Crippen LogP contribution >= 0.6 is 0 Å². The molecule has 0 aromatic heterocycles. The van der Waals surface area contributed by atoms with Gasteiger partial charge in [0.15, 0.2) is 0 Å². The minimum absolute atomic E-state index is 0.267. The molecule has 3 heteroatoms. The molecule has 1 aliphatic rings. The molecule has 0 heterocycles. The molecule has 1 rings (SSSR count). The van der Waals surface area contributed by atoms with Crippen molar-refractivity contribution in [2.75, 3.05) is 6.54 Å². The number of rotatable bonds is 4. The Morgan fingerprint density at radius 1 is 1.44 bits per heavy atom. The summed E-state index contributed by atoms with van der Waals surface area (Å²) in [6, 6.07) is 0. The van der Waals surface area contributed by atoms with Crippen molar-refractivity contribution in [2.45, 2.75) is 58.5 Å². The average Bonchev–Trinajstić information content (AvgIpc) is 2.16. The molecular weight excluding hydrogens is 202 g/mol. The van der Waals surface area contributed by atoms with Crippen LogP contribution in [0.15, 0.2) is 0 Å². The van der Waals surface area contributed by atoms with Crippen LogP contribution in [0.1, 0.15) is 52.9 Å². The van der Waals surface area contributed by atoms with Crippen LogP contribution in [-0.4, -0.2) is 23.2 Å². The van der Waals surface area contributed by atoms with Crippen LogP contribution in [0.3, 0.4) is 0 Å². The second-order valence-corrected chi connectivity index (χ2v) is 5.74. The molecule has 0 bridgehead atoms. The smallest absolute Gasteiger partial charge is 0.251 e. The lowest BCUT2D eigenvalue weighted by Crippen LogP contribution is -2.42. The van der Waals surface area contributed by atoms with E-state index in [1.165, 1.54) is 39.5 Å². The molecule has 0 aromatic carbocycles. The lowest BCUT2D eigenvalue weighted by Gasteiger charge is -2.27. The third-order valence-corrected chi connectivity index (χ3v) is 3.44. The number of carbonyl (C=O) groups is 1. The molecule has 2 N–H and O–H groups in total. The molecular formula is C13H25NO2. The lowest BCUT2D eigenvalue weighted by molar-refractivity contribution is -0.136. The molecule has 2 unspecified atom stereocenters. The predicted octanol–water partition coefficient (Wildman–Crippen LogP) is 2.09. The molecule has 1 aliphatic carbocycles. The predicted molar refractivity (Wildman–Crippen MR) is 65.0 cm³/mol. The first-order valence-corrected chi connectivity index (χ1v) is 6.40. The minimum atomic E-state index is -1.25. The Labute approximate surface area is 98.6 Å². The summed E-state index contributed by atoms with van der Waals surface area (Å²) in [5, 5.41) is 12.2. The molecule has 16 heavy (non-hydrogen) atoms. The van der Waals surface area contributed by atoms with Gasteiger partial charge in [-0.15, -0.1) is 0 Å². The van der Waals surface area contributed by atoms with Crippen LogP contribution in [0.4, 0.5) is 0 Å². The van der Waals surface area contributed by atoms with Gasteiger partial charge in [-0.2, -0.15) is 0 Å². The Hall–Kier alpha value is -0.570. The molecule has 3 nitrogen and oxygen atoms in total. The van der Waals surface area contributed by atoms with Crippen molar-refractivity contribution in [1.29, 1.82) is 0 Å². The molecule has 1 fully saturated rings. The third kappa shape index (κ3) is 4.52. The summed E-state index contributed by atoms with van der Waals surface area (Å²) in [5.41, 5.74) is -1.25. The topological polar surface area (TPSA) is 49.3 Å². The van der Waals surface area contributed by atoms with Gasteiger partial charge in [-0.25, -0.2) is 0 Å². The number of carbonyl (C=O) groups excluding carboxylic acids is 1. The summed E-state index contributed by atoms with van der Waals surface area (Å²) in [7, 11) is 0. The van der Waals surface area contributed by atoms with E-state index in [9.17, 15) is 9.90 Å². The first kappa shape index (κ1) is 13.5. The fraction of sp³-hybridized carbons (Fsp3) is 0.923. The van der Waals surface area contributed by atoms with E-state index < -0.39 is 5.60 Å². The van der Waals surface area contributed by atoms with Crippen LogP contribution in [0.25, 0.3) is 0 Å². The van der Waals surface area contributed by atoms with Crippen molar-refractivity contribution in [3.05, 3.63) is 0 Å². The Morgan fingerprint density at radius 3 is 2.69 bits per heavy atom. The van der Waals surface area contributed by atoms with Gasteiger partial charge in [0.05, 0.1) is 0 Å². The standard InChI is InChI=1S/C13H25NO2/c1-10-5-4-6-11(9-10)7-8-14-12(15)13(2,3)16/h10-11,16H,4-9H2,1-3H3,(H,14,15). The normalized spacial score (nSPS) is 26.5. The molecule has 2 atom stereocenters. The Kier molecular flexibility index (Phi) is 4.78. The van der Waals surface area contributed by atoms with E-state index in [1.54, 1.807) is 0 Å². The molecule has 1 saturated carbocycles. The average molecular weight is 227 g/mol. The van der Waals surface area contributed by atoms with E-state index in [-0.39, 0.29) is 5.91 Å². The van der Waals surface area contributed by atoms with Gasteiger partial charge in [0.1, 0.15) is 5.60 Å². The molecule has 0 aromatic rings. The van der Waals surface area contributed by atoms with Gasteiger partial charge in [0.2, 0.25) is 0 Å². The summed E-state index contributed by atoms with van der Waals surface area (Å²) < 4.78 is 0. The second-order valence-electron chi connectivity index (χ2n) is 5.74. The Balaban J connectivity index is 2.18. The number of aliphatic hydroxyl groups is 1. The number of hydrogen-bond donors (Lipinski definition) is 2. The largest absolute Gasteiger partial charge is 0.381 e. The molecule has 94 valence electrons. The molecule has 0 radical (unpaired) electrons. The van der Waals surface area contributed by atoms with E-state index in [2.05, 4.69) is 12.2 Å². The van der Waals surface area contributed by atoms with E-state index in [0.717, 1.165) is 18.3 Å². The SMILES string of the molecule is CC1CCCC(CCNC(=O)C(C)(C)O)C1. The molecule has 0 spiro atoms. The van der Waals surface area contributed by atoms with Gasteiger partial charge < -0.3 is 10.4 Å². The number of amides is 1. The summed E-state index contributed by atoms with van der Waals surface area (Å²) in [6.45, 7) is 6.04. The van der Waals surface area contributed by atoms with Crippen molar-refractivity contribution in [3.8, 4) is 0 Å². The number of nitrogens with one attached hydrogen (secondary N) is 1. The van der Waals surface area contributed by atoms with Gasteiger partial charge in [-0.05, 0) is 38.5 Å². The molecule has 0 aliphatic heterocycles. The van der Waals surface area contributed by atoms with Crippen LogP contribution in [0.5, 0.6) is 0 Å². The van der Waals surface area contributed by atoms with Crippen molar-refractivity contribution in [2.24, 2.45) is 11.8 Å². The Bertz CT molecular complexity index is 233. The minimum Gasteiger partial charge on any atom is -0.381 e. The fourth-order valence-electron chi connectivity index (χ4n) is 2.43. The Morgan fingerprint density at radius 2 is 2.12 bits per heavy atom. The van der Waals surface area contributed by atoms with Gasteiger partial charge in [-0.3, -0.25) is 4.79 Å². The van der Waals surface area contributed by atoms with Gasteiger partial charge >= 0.3 is 0 Å². The quantitative estimate of drug-likeness (QED) is 0.772. The van der Waals surface area contributed by atoms with Crippen molar-refractivity contribution < 1.29 is 9.90 Å². The van der Waals surface area contributed by atoms with E-state index >= 15 is 0 Å². The van der Waals surface area contributed by atoms with Gasteiger partial charge in [0, 0.05) is 6.54 Å². The van der Waals surface area contributed by atoms with Crippen molar-refractivity contribution in [1.82, 2.24) is 5.32 Å². The summed E-state index contributed by atoms with van der Waals surface area (Å²) >= 11 is 0. The summed E-state index contributed by atoms with van der Waals surface area (Å²) in [5.74, 6) is 1.32. The highest BCUT2D eigenvalue weighted by molar-refractivity contribution is 5.83.